The zero-order valence-electron chi connectivity index (χ0n) is 10.2. The van der Waals surface area contributed by atoms with Gasteiger partial charge in [-0.25, -0.2) is 0 Å². The lowest BCUT2D eigenvalue weighted by Crippen LogP contribution is -2.29. The van der Waals surface area contributed by atoms with Gasteiger partial charge in [0.25, 0.3) is 0 Å². The van der Waals surface area contributed by atoms with Crippen LogP contribution in [0, 0.1) is 6.92 Å². The Labute approximate surface area is 128 Å². The summed E-state index contributed by atoms with van der Waals surface area (Å²) in [7, 11) is 0. The maximum absolute atomic E-state index is 11.5. The summed E-state index contributed by atoms with van der Waals surface area (Å²) in [5.74, 6) is 0. The minimum Gasteiger partial charge on any atom is -0.373 e. The molecule has 0 radical (unpaired) electrons. The van der Waals surface area contributed by atoms with Crippen LogP contribution in [0.5, 0.6) is 0 Å². The molecule has 2 nitrogen and oxygen atoms in total. The van der Waals surface area contributed by atoms with E-state index in [1.165, 1.54) is 0 Å². The Morgan fingerprint density at radius 1 is 1.05 bits per heavy atom. The van der Waals surface area contributed by atoms with Crippen LogP contribution in [0.25, 0.3) is 0 Å². The van der Waals surface area contributed by atoms with Gasteiger partial charge in [-0.1, -0.05) is 62.2 Å². The number of halogens is 2. The second-order valence-corrected chi connectivity index (χ2v) is 6.02. The first-order chi connectivity index (χ1) is 8.99. The number of benzene rings is 2. The summed E-state index contributed by atoms with van der Waals surface area (Å²) in [6.45, 7) is 1.94. The second kappa shape index (κ2) is 5.57. The number of carbonyl (C=O) groups is 1. The van der Waals surface area contributed by atoms with Gasteiger partial charge in [0.1, 0.15) is 0 Å². The molecule has 98 valence electrons. The van der Waals surface area contributed by atoms with E-state index in [2.05, 4.69) is 31.9 Å². The van der Waals surface area contributed by atoms with E-state index in [9.17, 15) is 9.90 Å². The molecule has 0 bridgehead atoms. The topological polar surface area (TPSA) is 37.3 Å². The number of hydrogen-bond acceptors (Lipinski definition) is 2. The second-order valence-electron chi connectivity index (χ2n) is 4.32. The molecule has 1 atom stereocenters. The van der Waals surface area contributed by atoms with Crippen LogP contribution >= 0.6 is 31.9 Å². The average Bonchev–Trinajstić information content (AvgIpc) is 2.44. The van der Waals surface area contributed by atoms with Crippen LogP contribution in [0.4, 0.5) is 0 Å². The van der Waals surface area contributed by atoms with Crippen molar-refractivity contribution in [3.63, 3.8) is 0 Å². The van der Waals surface area contributed by atoms with E-state index in [0.29, 0.717) is 17.4 Å². The molecule has 19 heavy (non-hydrogen) atoms. The van der Waals surface area contributed by atoms with E-state index in [0.717, 1.165) is 14.5 Å². The van der Waals surface area contributed by atoms with E-state index in [1.54, 1.807) is 36.4 Å². The van der Waals surface area contributed by atoms with Crippen molar-refractivity contribution in [2.24, 2.45) is 0 Å². The zero-order valence-corrected chi connectivity index (χ0v) is 13.4. The molecule has 0 aromatic heterocycles. The zero-order chi connectivity index (χ0) is 14.0. The number of aldehydes is 1. The third-order valence-corrected chi connectivity index (χ3v) is 4.75. The van der Waals surface area contributed by atoms with Gasteiger partial charge in [-0.2, -0.15) is 0 Å². The molecule has 0 amide bonds. The number of aliphatic hydroxyl groups is 1. The fourth-order valence-corrected chi connectivity index (χ4v) is 3.05. The van der Waals surface area contributed by atoms with Gasteiger partial charge in [0.2, 0.25) is 0 Å². The highest BCUT2D eigenvalue weighted by Gasteiger charge is 2.31. The smallest absolute Gasteiger partial charge is 0.170 e. The summed E-state index contributed by atoms with van der Waals surface area (Å²) in [4.78, 5) is 11.5. The molecule has 0 aliphatic heterocycles. The summed E-state index contributed by atoms with van der Waals surface area (Å²) < 4.78 is 1.68. The molecule has 0 heterocycles. The van der Waals surface area contributed by atoms with Crippen molar-refractivity contribution in [2.75, 3.05) is 0 Å². The van der Waals surface area contributed by atoms with Crippen LogP contribution in [0.1, 0.15) is 16.7 Å². The van der Waals surface area contributed by atoms with Gasteiger partial charge < -0.3 is 5.11 Å². The highest BCUT2D eigenvalue weighted by Crippen LogP contribution is 2.34. The van der Waals surface area contributed by atoms with Crippen molar-refractivity contribution in [2.45, 2.75) is 12.5 Å². The molecule has 4 heteroatoms. The Bertz CT molecular complexity index is 588. The molecule has 2 rings (SSSR count). The first kappa shape index (κ1) is 14.4. The SMILES string of the molecule is Cc1c(Br)cc(C(O)(C=O)c2ccccc2)cc1Br. The Morgan fingerprint density at radius 3 is 2.05 bits per heavy atom. The van der Waals surface area contributed by atoms with Gasteiger partial charge in [-0.15, -0.1) is 0 Å². The maximum Gasteiger partial charge on any atom is 0.170 e. The molecule has 1 N–H and O–H groups in total. The van der Waals surface area contributed by atoms with Gasteiger partial charge in [0, 0.05) is 8.95 Å². The van der Waals surface area contributed by atoms with E-state index in [4.69, 9.17) is 0 Å². The molecule has 0 fully saturated rings. The molecular weight excluding hydrogens is 372 g/mol. The van der Waals surface area contributed by atoms with E-state index < -0.39 is 5.60 Å². The predicted molar refractivity (Wildman–Crippen MR) is 82.1 cm³/mol. The lowest BCUT2D eigenvalue weighted by Gasteiger charge is -2.24. The summed E-state index contributed by atoms with van der Waals surface area (Å²) in [5.41, 5.74) is 0.454. The minimum atomic E-state index is -1.64. The Kier molecular flexibility index (Phi) is 4.23. The standard InChI is InChI=1S/C15H12Br2O2/c1-10-13(16)7-12(8-14(10)17)15(19,9-18)11-5-3-2-4-6-11/h2-9,19H,1H3. The molecule has 0 spiro atoms. The van der Waals surface area contributed by atoms with Crippen LogP contribution in [0.3, 0.4) is 0 Å². The van der Waals surface area contributed by atoms with E-state index >= 15 is 0 Å². The van der Waals surface area contributed by atoms with Crippen molar-refractivity contribution < 1.29 is 9.90 Å². The lowest BCUT2D eigenvalue weighted by molar-refractivity contribution is -0.121. The van der Waals surface area contributed by atoms with Crippen molar-refractivity contribution in [3.8, 4) is 0 Å². The fourth-order valence-electron chi connectivity index (χ4n) is 1.86. The molecule has 1 unspecified atom stereocenters. The largest absolute Gasteiger partial charge is 0.373 e. The first-order valence-corrected chi connectivity index (χ1v) is 7.28. The maximum atomic E-state index is 11.5. The monoisotopic (exact) mass is 382 g/mol. The minimum absolute atomic E-state index is 0.526. The van der Waals surface area contributed by atoms with E-state index in [-0.39, 0.29) is 0 Å². The molecule has 0 saturated carbocycles. The highest BCUT2D eigenvalue weighted by molar-refractivity contribution is 9.11. The molecular formula is C15H12Br2O2. The van der Waals surface area contributed by atoms with Gasteiger partial charge in [0.05, 0.1) is 0 Å². The van der Waals surface area contributed by atoms with Crippen molar-refractivity contribution >= 4 is 38.1 Å². The van der Waals surface area contributed by atoms with Crippen molar-refractivity contribution in [3.05, 3.63) is 68.1 Å². The molecule has 0 aliphatic rings. The number of hydrogen-bond donors (Lipinski definition) is 1. The molecule has 2 aromatic carbocycles. The average molecular weight is 384 g/mol. The van der Waals surface area contributed by atoms with Gasteiger partial charge >= 0.3 is 0 Å². The highest BCUT2D eigenvalue weighted by atomic mass is 79.9. The molecule has 0 saturated heterocycles. The normalized spacial score (nSPS) is 13.9. The van der Waals surface area contributed by atoms with Gasteiger partial charge in [0.15, 0.2) is 11.9 Å². The fraction of sp³-hybridized carbons (Fsp3) is 0.133. The Hall–Kier alpha value is -0.970. The number of carbonyl (C=O) groups excluding carboxylic acids is 1. The lowest BCUT2D eigenvalue weighted by atomic mass is 9.87. The first-order valence-electron chi connectivity index (χ1n) is 5.69. The van der Waals surface area contributed by atoms with Crippen LogP contribution in [0.15, 0.2) is 51.4 Å². The molecule has 0 aliphatic carbocycles. The molecule has 2 aromatic rings. The van der Waals surface area contributed by atoms with Crippen LogP contribution in [-0.2, 0) is 10.4 Å². The Morgan fingerprint density at radius 2 is 1.58 bits per heavy atom. The van der Waals surface area contributed by atoms with Crippen LogP contribution in [-0.4, -0.2) is 11.4 Å². The summed E-state index contributed by atoms with van der Waals surface area (Å²) in [6, 6.07) is 12.4. The third-order valence-electron chi connectivity index (χ3n) is 3.11. The third kappa shape index (κ3) is 2.66. The van der Waals surface area contributed by atoms with Gasteiger partial charge in [-0.05, 0) is 35.7 Å². The van der Waals surface area contributed by atoms with Crippen LogP contribution in [0.2, 0.25) is 0 Å². The quantitative estimate of drug-likeness (QED) is 0.814. The summed E-state index contributed by atoms with van der Waals surface area (Å²) >= 11 is 6.87. The van der Waals surface area contributed by atoms with Gasteiger partial charge in [-0.3, -0.25) is 4.79 Å². The van der Waals surface area contributed by atoms with Crippen LogP contribution < -0.4 is 0 Å². The van der Waals surface area contributed by atoms with Crippen molar-refractivity contribution in [1.82, 2.24) is 0 Å². The van der Waals surface area contributed by atoms with E-state index in [1.807, 2.05) is 13.0 Å². The number of rotatable bonds is 3. The van der Waals surface area contributed by atoms with Crippen molar-refractivity contribution in [1.29, 1.82) is 0 Å². The predicted octanol–water partition coefficient (Wildman–Crippen LogP) is 3.95. The Balaban J connectivity index is 2.63. The summed E-state index contributed by atoms with van der Waals surface area (Å²) in [6.07, 6.45) is 0.561. The summed E-state index contributed by atoms with van der Waals surface area (Å²) in [5, 5.41) is 10.7.